The lowest BCUT2D eigenvalue weighted by Crippen LogP contribution is -2.29. The molecule has 132 valence electrons. The molecule has 6 nitrogen and oxygen atoms in total. The van der Waals surface area contributed by atoms with Gasteiger partial charge in [-0.15, -0.1) is 0 Å². The third kappa shape index (κ3) is 2.61. The number of hydrogen-bond acceptors (Lipinski definition) is 6. The molecule has 8 heteroatoms. The predicted molar refractivity (Wildman–Crippen MR) is 100 cm³/mol. The Balaban J connectivity index is 1.56. The van der Waals surface area contributed by atoms with Crippen LogP contribution in [0.5, 0.6) is 0 Å². The fourth-order valence-corrected chi connectivity index (χ4v) is 4.34. The average Bonchev–Trinajstić information content (AvgIpc) is 3.24. The fraction of sp³-hybridized carbons (Fsp3) is 0.333. The molecule has 1 saturated heterocycles. The summed E-state index contributed by atoms with van der Waals surface area (Å²) in [6.45, 7) is 3.92. The lowest BCUT2D eigenvalue weighted by atomic mass is 10.1. The molecule has 5 rings (SSSR count). The zero-order valence-corrected chi connectivity index (χ0v) is 15.1. The Morgan fingerprint density at radius 3 is 2.77 bits per heavy atom. The molecule has 0 N–H and O–H groups in total. The van der Waals surface area contributed by atoms with Crippen LogP contribution in [0.2, 0.25) is 0 Å². The largest absolute Gasteiger partial charge is 0.348 e. The zero-order chi connectivity index (χ0) is 17.7. The molecule has 4 aromatic rings. The summed E-state index contributed by atoms with van der Waals surface area (Å²) >= 11 is 1.55. The minimum absolute atomic E-state index is 0.325. The molecule has 0 aromatic carbocycles. The van der Waals surface area contributed by atoms with Gasteiger partial charge in [-0.1, -0.05) is 11.3 Å². The van der Waals surface area contributed by atoms with Crippen LogP contribution in [0.4, 0.5) is 9.52 Å². The van der Waals surface area contributed by atoms with Crippen LogP contribution in [0.15, 0.2) is 24.7 Å². The number of piperidine rings is 1. The normalized spacial score (nSPS) is 15.2. The number of rotatable bonds is 2. The van der Waals surface area contributed by atoms with Gasteiger partial charge in [0.25, 0.3) is 0 Å². The number of halogens is 1. The first-order valence-corrected chi connectivity index (χ1v) is 9.53. The van der Waals surface area contributed by atoms with Crippen molar-refractivity contribution in [3.05, 3.63) is 36.2 Å². The topological polar surface area (TPSA) is 59.2 Å². The number of pyridine rings is 1. The molecular weight excluding hydrogens is 351 g/mol. The van der Waals surface area contributed by atoms with E-state index in [1.807, 2.05) is 13.1 Å². The number of anilines is 1. The number of aromatic nitrogens is 5. The molecular formula is C18H17FN6S. The van der Waals surface area contributed by atoms with Crippen LogP contribution in [0.1, 0.15) is 25.0 Å². The van der Waals surface area contributed by atoms with Gasteiger partial charge in [0.15, 0.2) is 27.1 Å². The van der Waals surface area contributed by atoms with Crippen molar-refractivity contribution >= 4 is 32.6 Å². The Morgan fingerprint density at radius 2 is 1.92 bits per heavy atom. The highest BCUT2D eigenvalue weighted by molar-refractivity contribution is 7.21. The van der Waals surface area contributed by atoms with Crippen LogP contribution in [0, 0.1) is 12.7 Å². The quantitative estimate of drug-likeness (QED) is 0.538. The van der Waals surface area contributed by atoms with Gasteiger partial charge in [-0.3, -0.25) is 0 Å². The molecule has 1 aliphatic rings. The summed E-state index contributed by atoms with van der Waals surface area (Å²) < 4.78 is 16.1. The van der Waals surface area contributed by atoms with E-state index in [9.17, 15) is 4.39 Å². The molecule has 0 saturated carbocycles. The number of hydrogen-bond donors (Lipinski definition) is 0. The lowest BCUT2D eigenvalue weighted by molar-refractivity contribution is 0.577. The zero-order valence-electron chi connectivity index (χ0n) is 14.3. The van der Waals surface area contributed by atoms with E-state index in [1.165, 1.54) is 25.3 Å². The molecule has 0 radical (unpaired) electrons. The molecule has 4 aromatic heterocycles. The van der Waals surface area contributed by atoms with Gasteiger partial charge in [-0.2, -0.15) is 4.98 Å². The standard InChI is InChI=1S/C18H17FN6S/c1-11-9-25-10-12(7-13(19)16(25)21-11)14-8-20-15-17(22-14)26-18(23-15)24-5-3-2-4-6-24/h7-10H,2-6H2,1H3. The van der Waals surface area contributed by atoms with Crippen molar-refractivity contribution in [2.75, 3.05) is 18.0 Å². The Kier molecular flexibility index (Phi) is 3.59. The van der Waals surface area contributed by atoms with Crippen LogP contribution in [-0.4, -0.2) is 37.4 Å². The van der Waals surface area contributed by atoms with E-state index in [2.05, 4.69) is 24.8 Å². The summed E-state index contributed by atoms with van der Waals surface area (Å²) in [4.78, 5) is 21.0. The minimum Gasteiger partial charge on any atom is -0.348 e. The van der Waals surface area contributed by atoms with Crippen molar-refractivity contribution in [1.29, 1.82) is 0 Å². The highest BCUT2D eigenvalue weighted by atomic mass is 32.1. The van der Waals surface area contributed by atoms with Crippen LogP contribution in [0.25, 0.3) is 27.4 Å². The molecule has 0 bridgehead atoms. The summed E-state index contributed by atoms with van der Waals surface area (Å²) in [5.74, 6) is -0.365. The number of fused-ring (bicyclic) bond motifs is 2. The summed E-state index contributed by atoms with van der Waals surface area (Å²) in [6, 6.07) is 1.46. The van der Waals surface area contributed by atoms with Crippen molar-refractivity contribution in [1.82, 2.24) is 24.3 Å². The van der Waals surface area contributed by atoms with E-state index in [1.54, 1.807) is 28.1 Å². The van der Waals surface area contributed by atoms with Gasteiger partial charge < -0.3 is 9.30 Å². The van der Waals surface area contributed by atoms with Gasteiger partial charge in [-0.25, -0.2) is 19.3 Å². The van der Waals surface area contributed by atoms with E-state index < -0.39 is 0 Å². The predicted octanol–water partition coefficient (Wildman–Crippen LogP) is 3.84. The van der Waals surface area contributed by atoms with Gasteiger partial charge in [0.05, 0.1) is 17.6 Å². The van der Waals surface area contributed by atoms with Crippen LogP contribution < -0.4 is 4.90 Å². The van der Waals surface area contributed by atoms with Gasteiger partial charge in [0.2, 0.25) is 0 Å². The number of aryl methyl sites for hydroxylation is 1. The van der Waals surface area contributed by atoms with Crippen molar-refractivity contribution in [2.24, 2.45) is 0 Å². The first-order chi connectivity index (χ1) is 12.7. The van der Waals surface area contributed by atoms with Crippen molar-refractivity contribution in [3.8, 4) is 11.3 Å². The first kappa shape index (κ1) is 15.6. The monoisotopic (exact) mass is 368 g/mol. The van der Waals surface area contributed by atoms with Gasteiger partial charge in [-0.05, 0) is 32.3 Å². The second-order valence-corrected chi connectivity index (χ2v) is 7.57. The molecule has 1 aliphatic heterocycles. The van der Waals surface area contributed by atoms with E-state index in [-0.39, 0.29) is 5.82 Å². The molecule has 1 fully saturated rings. The summed E-state index contributed by atoms with van der Waals surface area (Å²) in [7, 11) is 0. The average molecular weight is 368 g/mol. The molecule has 0 unspecified atom stereocenters. The van der Waals surface area contributed by atoms with Crippen molar-refractivity contribution in [3.63, 3.8) is 0 Å². The Hall–Kier alpha value is -2.61. The molecule has 0 amide bonds. The fourth-order valence-electron chi connectivity index (χ4n) is 3.39. The summed E-state index contributed by atoms with van der Waals surface area (Å²) in [6.07, 6.45) is 8.98. The number of imidazole rings is 1. The summed E-state index contributed by atoms with van der Waals surface area (Å²) in [5.41, 5.74) is 3.06. The number of nitrogens with zero attached hydrogens (tertiary/aromatic N) is 6. The second-order valence-electron chi connectivity index (χ2n) is 6.62. The third-order valence-electron chi connectivity index (χ3n) is 4.66. The van der Waals surface area contributed by atoms with Gasteiger partial charge in [0, 0.05) is 31.0 Å². The third-order valence-corrected chi connectivity index (χ3v) is 5.66. The maximum absolute atomic E-state index is 14.4. The van der Waals surface area contributed by atoms with Crippen LogP contribution in [0.3, 0.4) is 0 Å². The highest BCUT2D eigenvalue weighted by Crippen LogP contribution is 2.30. The van der Waals surface area contributed by atoms with E-state index >= 15 is 0 Å². The molecule has 0 aliphatic carbocycles. The summed E-state index contributed by atoms with van der Waals surface area (Å²) in [5, 5.41) is 0.976. The van der Waals surface area contributed by atoms with Crippen LogP contribution in [-0.2, 0) is 0 Å². The van der Waals surface area contributed by atoms with Gasteiger partial charge in [0.1, 0.15) is 0 Å². The second kappa shape index (κ2) is 5.98. The first-order valence-electron chi connectivity index (χ1n) is 8.71. The smallest absolute Gasteiger partial charge is 0.191 e. The SMILES string of the molecule is Cc1cn2cc(-c3cnc4nc(N5CCCCC5)sc4n3)cc(F)c2n1. The van der Waals surface area contributed by atoms with Crippen molar-refractivity contribution in [2.45, 2.75) is 26.2 Å². The van der Waals surface area contributed by atoms with Gasteiger partial charge >= 0.3 is 0 Å². The molecule has 5 heterocycles. The molecule has 26 heavy (non-hydrogen) atoms. The molecule has 0 atom stereocenters. The van der Waals surface area contributed by atoms with E-state index in [4.69, 9.17) is 0 Å². The Bertz CT molecular complexity index is 1110. The Morgan fingerprint density at radius 1 is 1.08 bits per heavy atom. The maximum Gasteiger partial charge on any atom is 0.191 e. The minimum atomic E-state index is -0.365. The number of thiazole rings is 1. The van der Waals surface area contributed by atoms with E-state index in [0.29, 0.717) is 22.6 Å². The highest BCUT2D eigenvalue weighted by Gasteiger charge is 2.17. The maximum atomic E-state index is 14.4. The lowest BCUT2D eigenvalue weighted by Gasteiger charge is -2.25. The van der Waals surface area contributed by atoms with Crippen LogP contribution >= 0.6 is 11.3 Å². The van der Waals surface area contributed by atoms with E-state index in [0.717, 1.165) is 28.7 Å². The Labute approximate surface area is 153 Å². The molecule has 0 spiro atoms. The van der Waals surface area contributed by atoms with Crippen molar-refractivity contribution < 1.29 is 4.39 Å².